The fourth-order valence-corrected chi connectivity index (χ4v) is 3.20. The van der Waals surface area contributed by atoms with Gasteiger partial charge in [-0.25, -0.2) is 4.79 Å². The van der Waals surface area contributed by atoms with E-state index < -0.39 is 5.97 Å². The Morgan fingerprint density at radius 1 is 1.11 bits per heavy atom. The second-order valence-electron chi connectivity index (χ2n) is 4.23. The largest absolute Gasteiger partial charge is 0.477 e. The van der Waals surface area contributed by atoms with Gasteiger partial charge in [0.2, 0.25) is 0 Å². The Morgan fingerprint density at radius 3 is 2.53 bits per heavy atom. The molecule has 3 aromatic rings. The van der Waals surface area contributed by atoms with Gasteiger partial charge in [0, 0.05) is 21.3 Å². The molecule has 0 aliphatic carbocycles. The molecule has 0 atom stereocenters. The lowest BCUT2D eigenvalue weighted by molar-refractivity contribution is 0.0703. The van der Waals surface area contributed by atoms with Gasteiger partial charge in [0.05, 0.1) is 0 Å². The summed E-state index contributed by atoms with van der Waals surface area (Å²) in [6.45, 7) is 0. The van der Waals surface area contributed by atoms with Gasteiger partial charge in [0.15, 0.2) is 0 Å². The monoisotopic (exact) mass is 269 g/mol. The molecule has 0 saturated heterocycles. The van der Waals surface area contributed by atoms with Crippen LogP contribution < -0.4 is 5.73 Å². The maximum Gasteiger partial charge on any atom is 0.346 e. The summed E-state index contributed by atoms with van der Waals surface area (Å²) in [5, 5.41) is 10.3. The molecule has 0 aliphatic rings. The molecule has 1 aromatic heterocycles. The Balaban J connectivity index is 2.40. The Bertz CT molecular complexity index is 762. The number of thiophene rings is 1. The van der Waals surface area contributed by atoms with Crippen LogP contribution in [0.2, 0.25) is 0 Å². The number of aromatic carboxylic acids is 1. The van der Waals surface area contributed by atoms with E-state index in [1.807, 2.05) is 42.5 Å². The molecule has 3 nitrogen and oxygen atoms in total. The van der Waals surface area contributed by atoms with Crippen molar-refractivity contribution in [3.63, 3.8) is 0 Å². The summed E-state index contributed by atoms with van der Waals surface area (Å²) in [5.74, 6) is -0.904. The quantitative estimate of drug-likeness (QED) is 0.694. The highest BCUT2D eigenvalue weighted by Gasteiger charge is 2.18. The second kappa shape index (κ2) is 4.40. The van der Waals surface area contributed by atoms with Gasteiger partial charge in [-0.1, -0.05) is 30.3 Å². The first-order valence-corrected chi connectivity index (χ1v) is 6.59. The average molecular weight is 269 g/mol. The van der Waals surface area contributed by atoms with E-state index in [1.165, 1.54) is 11.3 Å². The molecular formula is C15H11NO2S. The molecule has 4 heteroatoms. The van der Waals surface area contributed by atoms with Gasteiger partial charge < -0.3 is 10.8 Å². The van der Waals surface area contributed by atoms with Crippen LogP contribution >= 0.6 is 11.3 Å². The van der Waals surface area contributed by atoms with E-state index in [4.69, 9.17) is 5.73 Å². The summed E-state index contributed by atoms with van der Waals surface area (Å²) in [6.07, 6.45) is 0. The van der Waals surface area contributed by atoms with Crippen molar-refractivity contribution in [2.45, 2.75) is 0 Å². The third-order valence-corrected chi connectivity index (χ3v) is 4.13. The van der Waals surface area contributed by atoms with Crippen LogP contribution in [0.4, 0.5) is 5.69 Å². The third kappa shape index (κ3) is 1.96. The van der Waals surface area contributed by atoms with Crippen molar-refractivity contribution in [1.82, 2.24) is 0 Å². The summed E-state index contributed by atoms with van der Waals surface area (Å²) in [7, 11) is 0. The first-order chi connectivity index (χ1) is 9.16. The van der Waals surface area contributed by atoms with Crippen molar-refractivity contribution in [1.29, 1.82) is 0 Å². The van der Waals surface area contributed by atoms with E-state index in [1.54, 1.807) is 6.07 Å². The van der Waals surface area contributed by atoms with Crippen LogP contribution in [0.3, 0.4) is 0 Å². The van der Waals surface area contributed by atoms with Crippen molar-refractivity contribution in [3.05, 3.63) is 53.4 Å². The summed E-state index contributed by atoms with van der Waals surface area (Å²) >= 11 is 1.28. The first kappa shape index (κ1) is 11.7. The van der Waals surface area contributed by atoms with Gasteiger partial charge in [-0.05, 0) is 23.8 Å². The van der Waals surface area contributed by atoms with Gasteiger partial charge in [-0.2, -0.15) is 0 Å². The highest BCUT2D eigenvalue weighted by atomic mass is 32.1. The van der Waals surface area contributed by atoms with Crippen LogP contribution in [0.15, 0.2) is 48.5 Å². The topological polar surface area (TPSA) is 63.3 Å². The zero-order valence-corrected chi connectivity index (χ0v) is 10.8. The van der Waals surface area contributed by atoms with Crippen molar-refractivity contribution in [2.24, 2.45) is 0 Å². The van der Waals surface area contributed by atoms with Crippen molar-refractivity contribution in [2.75, 3.05) is 5.73 Å². The van der Waals surface area contributed by atoms with Gasteiger partial charge >= 0.3 is 5.97 Å². The van der Waals surface area contributed by atoms with Crippen LogP contribution in [0.5, 0.6) is 0 Å². The fourth-order valence-electron chi connectivity index (χ4n) is 2.16. The van der Waals surface area contributed by atoms with Crippen LogP contribution in [-0.4, -0.2) is 11.1 Å². The zero-order valence-electron chi connectivity index (χ0n) is 9.96. The average Bonchev–Trinajstić information content (AvgIpc) is 2.78. The van der Waals surface area contributed by atoms with E-state index in [0.29, 0.717) is 10.6 Å². The number of anilines is 1. The molecule has 94 valence electrons. The van der Waals surface area contributed by atoms with Crippen LogP contribution in [-0.2, 0) is 0 Å². The molecule has 3 rings (SSSR count). The highest BCUT2D eigenvalue weighted by molar-refractivity contribution is 7.21. The maximum absolute atomic E-state index is 11.4. The maximum atomic E-state index is 11.4. The minimum absolute atomic E-state index is 0.354. The number of nitrogen functional groups attached to an aromatic ring is 1. The minimum atomic E-state index is -0.904. The van der Waals surface area contributed by atoms with Crippen molar-refractivity contribution < 1.29 is 9.90 Å². The summed E-state index contributed by atoms with van der Waals surface area (Å²) < 4.78 is 0.936. The van der Waals surface area contributed by atoms with Crippen LogP contribution in [0.25, 0.3) is 21.2 Å². The molecule has 0 radical (unpaired) electrons. The number of nitrogens with two attached hydrogens (primary N) is 1. The molecule has 0 aliphatic heterocycles. The molecule has 19 heavy (non-hydrogen) atoms. The summed E-state index contributed by atoms with van der Waals surface area (Å²) in [6, 6.07) is 15.0. The number of carbonyl (C=O) groups is 1. The SMILES string of the molecule is Nc1ccc2sc(C(=O)O)c(-c3ccccc3)c2c1. The molecule has 1 heterocycles. The fraction of sp³-hybridized carbons (Fsp3) is 0. The van der Waals surface area contributed by atoms with Crippen molar-refractivity contribution >= 4 is 33.1 Å². The summed E-state index contributed by atoms with van der Waals surface area (Å²) in [5.41, 5.74) is 8.10. The molecule has 2 aromatic carbocycles. The number of hydrogen-bond donors (Lipinski definition) is 2. The molecule has 0 amide bonds. The van der Waals surface area contributed by atoms with Crippen LogP contribution in [0, 0.1) is 0 Å². The normalized spacial score (nSPS) is 10.7. The predicted molar refractivity (Wildman–Crippen MR) is 78.6 cm³/mol. The van der Waals surface area contributed by atoms with Gasteiger partial charge in [-0.15, -0.1) is 11.3 Å². The van der Waals surface area contributed by atoms with Gasteiger partial charge in [0.1, 0.15) is 4.88 Å². The van der Waals surface area contributed by atoms with E-state index in [9.17, 15) is 9.90 Å². The van der Waals surface area contributed by atoms with Gasteiger partial charge in [-0.3, -0.25) is 0 Å². The Morgan fingerprint density at radius 2 is 1.84 bits per heavy atom. The number of fused-ring (bicyclic) bond motifs is 1. The molecular weight excluding hydrogens is 258 g/mol. The minimum Gasteiger partial charge on any atom is -0.477 e. The molecule has 0 unspecified atom stereocenters. The molecule has 0 bridgehead atoms. The lowest BCUT2D eigenvalue weighted by Crippen LogP contribution is -1.94. The molecule has 0 spiro atoms. The molecule has 0 fully saturated rings. The lowest BCUT2D eigenvalue weighted by atomic mass is 10.0. The first-order valence-electron chi connectivity index (χ1n) is 5.77. The van der Waals surface area contributed by atoms with E-state index in [0.717, 1.165) is 21.2 Å². The zero-order chi connectivity index (χ0) is 13.4. The Labute approximate surface area is 113 Å². The highest BCUT2D eigenvalue weighted by Crippen LogP contribution is 2.39. The number of rotatable bonds is 2. The number of hydrogen-bond acceptors (Lipinski definition) is 3. The van der Waals surface area contributed by atoms with Crippen LogP contribution in [0.1, 0.15) is 9.67 Å². The predicted octanol–water partition coefficient (Wildman–Crippen LogP) is 3.85. The van der Waals surface area contributed by atoms with Gasteiger partial charge in [0.25, 0.3) is 0 Å². The second-order valence-corrected chi connectivity index (χ2v) is 5.29. The standard InChI is InChI=1S/C15H11NO2S/c16-10-6-7-12-11(8-10)13(14(19-12)15(17)18)9-4-2-1-3-5-9/h1-8H,16H2,(H,17,18). The molecule has 0 saturated carbocycles. The van der Waals surface area contributed by atoms with E-state index >= 15 is 0 Å². The van der Waals surface area contributed by atoms with E-state index in [-0.39, 0.29) is 0 Å². The van der Waals surface area contributed by atoms with Crippen molar-refractivity contribution in [3.8, 4) is 11.1 Å². The number of carboxylic acids is 1. The number of benzene rings is 2. The number of carboxylic acid groups (broad SMARTS) is 1. The third-order valence-electron chi connectivity index (χ3n) is 2.97. The summed E-state index contributed by atoms with van der Waals surface area (Å²) in [4.78, 5) is 11.8. The molecule has 3 N–H and O–H groups in total. The Kier molecular flexibility index (Phi) is 2.72. The lowest BCUT2D eigenvalue weighted by Gasteiger charge is -2.02. The van der Waals surface area contributed by atoms with E-state index in [2.05, 4.69) is 0 Å². The Hall–Kier alpha value is -2.33. The smallest absolute Gasteiger partial charge is 0.346 e.